The van der Waals surface area contributed by atoms with Crippen molar-refractivity contribution in [2.45, 2.75) is 13.3 Å². The van der Waals surface area contributed by atoms with Crippen molar-refractivity contribution >= 4 is 11.5 Å². The zero-order chi connectivity index (χ0) is 12.7. The van der Waals surface area contributed by atoms with Gasteiger partial charge in [0.15, 0.2) is 5.84 Å². The number of aliphatic hydroxyl groups excluding tert-OH is 1. The normalized spacial score (nSPS) is 11.5. The van der Waals surface area contributed by atoms with Gasteiger partial charge in [0.1, 0.15) is 5.69 Å². The lowest BCUT2D eigenvalue weighted by molar-refractivity contribution is 0.289. The topological polar surface area (TPSA) is 95.0 Å². The average Bonchev–Trinajstić information content (AvgIpc) is 2.39. The Labute approximate surface area is 100 Å². The minimum Gasteiger partial charge on any atom is -0.409 e. The van der Waals surface area contributed by atoms with Gasteiger partial charge in [0.2, 0.25) is 0 Å². The van der Waals surface area contributed by atoms with E-state index >= 15 is 0 Å². The van der Waals surface area contributed by atoms with Crippen LogP contribution >= 0.6 is 0 Å². The SMILES string of the molecule is CCN(CCCO)c1cccnc1/C(N)=N/O. The number of hydrogen-bond donors (Lipinski definition) is 3. The molecule has 6 nitrogen and oxygen atoms in total. The molecule has 4 N–H and O–H groups in total. The van der Waals surface area contributed by atoms with Gasteiger partial charge in [0, 0.05) is 25.9 Å². The molecule has 0 saturated heterocycles. The van der Waals surface area contributed by atoms with Crippen LogP contribution in [-0.4, -0.2) is 40.8 Å². The van der Waals surface area contributed by atoms with Crippen LogP contribution in [0.2, 0.25) is 0 Å². The van der Waals surface area contributed by atoms with Crippen LogP contribution < -0.4 is 10.6 Å². The van der Waals surface area contributed by atoms with Gasteiger partial charge in [-0.3, -0.25) is 4.98 Å². The maximum Gasteiger partial charge on any atom is 0.190 e. The van der Waals surface area contributed by atoms with Crippen molar-refractivity contribution in [2.75, 3.05) is 24.6 Å². The van der Waals surface area contributed by atoms with Crippen LogP contribution in [-0.2, 0) is 0 Å². The van der Waals surface area contributed by atoms with Gasteiger partial charge >= 0.3 is 0 Å². The quantitative estimate of drug-likeness (QED) is 0.288. The summed E-state index contributed by atoms with van der Waals surface area (Å²) in [5.41, 5.74) is 6.84. The smallest absolute Gasteiger partial charge is 0.190 e. The highest BCUT2D eigenvalue weighted by Gasteiger charge is 2.13. The lowest BCUT2D eigenvalue weighted by atomic mass is 10.2. The molecule has 6 heteroatoms. The molecule has 1 aromatic rings. The van der Waals surface area contributed by atoms with Crippen molar-refractivity contribution in [3.8, 4) is 0 Å². The Bertz CT molecular complexity index is 381. The number of amidine groups is 1. The molecular weight excluding hydrogens is 220 g/mol. The van der Waals surface area contributed by atoms with Crippen molar-refractivity contribution in [3.05, 3.63) is 24.0 Å². The van der Waals surface area contributed by atoms with Crippen molar-refractivity contribution in [3.63, 3.8) is 0 Å². The van der Waals surface area contributed by atoms with E-state index in [1.807, 2.05) is 17.9 Å². The van der Waals surface area contributed by atoms with E-state index < -0.39 is 0 Å². The van der Waals surface area contributed by atoms with Crippen molar-refractivity contribution in [2.24, 2.45) is 10.9 Å². The van der Waals surface area contributed by atoms with E-state index in [2.05, 4.69) is 10.1 Å². The Morgan fingerprint density at radius 1 is 1.59 bits per heavy atom. The first-order valence-electron chi connectivity index (χ1n) is 5.53. The summed E-state index contributed by atoms with van der Waals surface area (Å²) in [5, 5.41) is 20.5. The molecule has 0 aliphatic heterocycles. The van der Waals surface area contributed by atoms with Gasteiger partial charge in [-0.25, -0.2) is 0 Å². The summed E-state index contributed by atoms with van der Waals surface area (Å²) in [7, 11) is 0. The first kappa shape index (κ1) is 13.2. The average molecular weight is 238 g/mol. The van der Waals surface area contributed by atoms with E-state index in [4.69, 9.17) is 16.0 Å². The summed E-state index contributed by atoms with van der Waals surface area (Å²) < 4.78 is 0. The van der Waals surface area contributed by atoms with Gasteiger partial charge in [-0.2, -0.15) is 0 Å². The van der Waals surface area contributed by atoms with Crippen molar-refractivity contribution < 1.29 is 10.3 Å². The third kappa shape index (κ3) is 3.32. The van der Waals surface area contributed by atoms with E-state index in [1.165, 1.54) is 0 Å². The molecule has 1 heterocycles. The maximum absolute atomic E-state index is 8.85. The van der Waals surface area contributed by atoms with Gasteiger partial charge in [0.05, 0.1) is 5.69 Å². The number of aromatic nitrogens is 1. The molecule has 94 valence electrons. The molecule has 17 heavy (non-hydrogen) atoms. The Hall–Kier alpha value is -1.82. The minimum absolute atomic E-state index is 0.0111. The van der Waals surface area contributed by atoms with E-state index in [1.54, 1.807) is 12.3 Å². The van der Waals surface area contributed by atoms with Gasteiger partial charge in [-0.1, -0.05) is 5.16 Å². The number of oxime groups is 1. The number of rotatable bonds is 6. The molecule has 0 aliphatic rings. The van der Waals surface area contributed by atoms with Crippen LogP contribution in [0.1, 0.15) is 19.0 Å². The third-order valence-electron chi connectivity index (χ3n) is 2.45. The van der Waals surface area contributed by atoms with Gasteiger partial charge in [0.25, 0.3) is 0 Å². The van der Waals surface area contributed by atoms with Crippen LogP contribution in [0.5, 0.6) is 0 Å². The van der Waals surface area contributed by atoms with E-state index in [0.29, 0.717) is 18.7 Å². The van der Waals surface area contributed by atoms with Crippen molar-refractivity contribution in [1.29, 1.82) is 0 Å². The Morgan fingerprint density at radius 2 is 2.35 bits per heavy atom. The molecule has 0 aliphatic carbocycles. The molecule has 0 aromatic carbocycles. The lowest BCUT2D eigenvalue weighted by Crippen LogP contribution is -2.28. The number of nitrogens with zero attached hydrogens (tertiary/aromatic N) is 3. The Kier molecular flexibility index (Phi) is 5.22. The molecular formula is C11H18N4O2. The van der Waals surface area contributed by atoms with Gasteiger partial charge in [-0.15, -0.1) is 0 Å². The fourth-order valence-electron chi connectivity index (χ4n) is 1.61. The number of aliphatic hydroxyl groups is 1. The summed E-state index contributed by atoms with van der Waals surface area (Å²) >= 11 is 0. The van der Waals surface area contributed by atoms with Gasteiger partial charge in [-0.05, 0) is 25.5 Å². The van der Waals surface area contributed by atoms with Crippen LogP contribution in [0.3, 0.4) is 0 Å². The molecule has 0 bridgehead atoms. The second kappa shape index (κ2) is 6.70. The summed E-state index contributed by atoms with van der Waals surface area (Å²) in [6.45, 7) is 3.60. The molecule has 0 saturated carbocycles. The standard InChI is InChI=1S/C11H18N4O2/c1-2-15(7-4-8-16)9-5-3-6-13-10(9)11(12)14-17/h3,5-6,16-17H,2,4,7-8H2,1H3,(H2,12,14). The predicted molar refractivity (Wildman–Crippen MR) is 66.3 cm³/mol. The summed E-state index contributed by atoms with van der Waals surface area (Å²) in [6.07, 6.45) is 2.26. The predicted octanol–water partition coefficient (Wildman–Crippen LogP) is 0.385. The van der Waals surface area contributed by atoms with Crippen LogP contribution in [0.25, 0.3) is 0 Å². The fraction of sp³-hybridized carbons (Fsp3) is 0.455. The number of hydrogen-bond acceptors (Lipinski definition) is 5. The molecule has 0 amide bonds. The van der Waals surface area contributed by atoms with Crippen LogP contribution in [0.15, 0.2) is 23.5 Å². The lowest BCUT2D eigenvalue weighted by Gasteiger charge is -2.24. The van der Waals surface area contributed by atoms with Crippen molar-refractivity contribution in [1.82, 2.24) is 4.98 Å². The van der Waals surface area contributed by atoms with Crippen LogP contribution in [0.4, 0.5) is 5.69 Å². The summed E-state index contributed by atoms with van der Waals surface area (Å²) in [6, 6.07) is 3.66. The summed E-state index contributed by atoms with van der Waals surface area (Å²) in [5.74, 6) is -0.0111. The fourth-order valence-corrected chi connectivity index (χ4v) is 1.61. The second-order valence-corrected chi connectivity index (χ2v) is 3.51. The number of anilines is 1. The molecule has 0 atom stereocenters. The monoisotopic (exact) mass is 238 g/mol. The highest BCUT2D eigenvalue weighted by Crippen LogP contribution is 2.18. The van der Waals surface area contributed by atoms with Crippen LogP contribution in [0, 0.1) is 0 Å². The molecule has 1 aromatic heterocycles. The number of nitrogens with two attached hydrogens (primary N) is 1. The van der Waals surface area contributed by atoms with E-state index in [0.717, 1.165) is 12.2 Å². The molecule has 1 rings (SSSR count). The zero-order valence-corrected chi connectivity index (χ0v) is 9.87. The zero-order valence-electron chi connectivity index (χ0n) is 9.87. The first-order chi connectivity index (χ1) is 8.24. The second-order valence-electron chi connectivity index (χ2n) is 3.51. The minimum atomic E-state index is -0.0111. The third-order valence-corrected chi connectivity index (χ3v) is 2.45. The summed E-state index contributed by atoms with van der Waals surface area (Å²) in [4.78, 5) is 6.13. The number of pyridine rings is 1. The largest absolute Gasteiger partial charge is 0.409 e. The molecule has 0 radical (unpaired) electrons. The highest BCUT2D eigenvalue weighted by atomic mass is 16.4. The first-order valence-corrected chi connectivity index (χ1v) is 5.53. The molecule has 0 spiro atoms. The van der Waals surface area contributed by atoms with Gasteiger partial charge < -0.3 is 20.9 Å². The molecule has 0 fully saturated rings. The van der Waals surface area contributed by atoms with E-state index in [9.17, 15) is 0 Å². The Balaban J connectivity index is 3.01. The maximum atomic E-state index is 8.85. The van der Waals surface area contributed by atoms with E-state index in [-0.39, 0.29) is 12.4 Å². The molecule has 0 unspecified atom stereocenters. The highest BCUT2D eigenvalue weighted by molar-refractivity contribution is 6.00. The Morgan fingerprint density at radius 3 is 2.94 bits per heavy atom.